The maximum atomic E-state index is 12.6. The first-order chi connectivity index (χ1) is 10.1. The van der Waals surface area contributed by atoms with E-state index in [1.165, 1.54) is 0 Å². The molecule has 2 aromatic carbocycles. The highest BCUT2D eigenvalue weighted by Gasteiger charge is 2.32. The van der Waals surface area contributed by atoms with Crippen LogP contribution in [0.5, 0.6) is 0 Å². The van der Waals surface area contributed by atoms with Crippen molar-refractivity contribution in [2.24, 2.45) is 4.99 Å². The molecular formula is C16H11ClN2O2. The number of ketones is 1. The fourth-order valence-electron chi connectivity index (χ4n) is 2.21. The third kappa shape index (κ3) is 2.71. The third-order valence-corrected chi connectivity index (χ3v) is 3.48. The number of halogens is 1. The van der Waals surface area contributed by atoms with Crippen molar-refractivity contribution in [1.82, 2.24) is 5.32 Å². The van der Waals surface area contributed by atoms with Gasteiger partial charge in [0.15, 0.2) is 0 Å². The van der Waals surface area contributed by atoms with Gasteiger partial charge in [0.05, 0.1) is 0 Å². The molecule has 1 heterocycles. The molecule has 104 valence electrons. The number of hydrogen-bond donors (Lipinski definition) is 1. The van der Waals surface area contributed by atoms with Gasteiger partial charge in [-0.05, 0) is 17.7 Å². The molecule has 4 nitrogen and oxygen atoms in total. The number of urea groups is 1. The van der Waals surface area contributed by atoms with E-state index in [0.29, 0.717) is 10.6 Å². The highest BCUT2D eigenvalue weighted by molar-refractivity contribution is 6.50. The lowest BCUT2D eigenvalue weighted by Gasteiger charge is -2.22. The van der Waals surface area contributed by atoms with Gasteiger partial charge in [0, 0.05) is 10.6 Å². The summed E-state index contributed by atoms with van der Waals surface area (Å²) in [5.41, 5.74) is 1.47. The molecule has 0 aromatic heterocycles. The van der Waals surface area contributed by atoms with Crippen LogP contribution in [0.15, 0.2) is 59.6 Å². The molecule has 2 amide bonds. The molecule has 5 heteroatoms. The zero-order valence-electron chi connectivity index (χ0n) is 10.9. The molecule has 1 N–H and O–H groups in total. The van der Waals surface area contributed by atoms with Crippen LogP contribution in [-0.2, 0) is 4.79 Å². The standard InChI is InChI=1S/C16H11ClN2O2/c17-12-8-6-11(7-9-12)14-15(20)13(18-16(21)19-14)10-4-2-1-3-5-10/h1-9,13H,(H,18,21). The molecule has 1 atom stereocenters. The molecule has 0 saturated heterocycles. The summed E-state index contributed by atoms with van der Waals surface area (Å²) >= 11 is 5.84. The third-order valence-electron chi connectivity index (χ3n) is 3.23. The Balaban J connectivity index is 2.00. The number of amides is 2. The molecular weight excluding hydrogens is 288 g/mol. The molecule has 0 saturated carbocycles. The molecule has 1 aliphatic rings. The Hall–Kier alpha value is -2.46. The fraction of sp³-hybridized carbons (Fsp3) is 0.0625. The Morgan fingerprint density at radius 2 is 1.62 bits per heavy atom. The predicted molar refractivity (Wildman–Crippen MR) is 80.7 cm³/mol. The number of benzene rings is 2. The quantitative estimate of drug-likeness (QED) is 0.926. The van der Waals surface area contributed by atoms with Crippen LogP contribution in [0.25, 0.3) is 0 Å². The maximum Gasteiger partial charge on any atom is 0.342 e. The summed E-state index contributed by atoms with van der Waals surface area (Å²) in [6.45, 7) is 0. The second-order valence-electron chi connectivity index (χ2n) is 4.62. The second kappa shape index (κ2) is 5.50. The summed E-state index contributed by atoms with van der Waals surface area (Å²) in [6, 6.07) is 14.6. The van der Waals surface area contributed by atoms with Crippen molar-refractivity contribution in [3.8, 4) is 0 Å². The monoisotopic (exact) mass is 298 g/mol. The van der Waals surface area contributed by atoms with Crippen LogP contribution < -0.4 is 5.32 Å². The van der Waals surface area contributed by atoms with Gasteiger partial charge in [0.2, 0.25) is 5.78 Å². The van der Waals surface area contributed by atoms with Gasteiger partial charge < -0.3 is 5.32 Å². The van der Waals surface area contributed by atoms with Crippen LogP contribution in [-0.4, -0.2) is 17.5 Å². The van der Waals surface area contributed by atoms with Crippen molar-refractivity contribution in [3.05, 3.63) is 70.7 Å². The summed E-state index contributed by atoms with van der Waals surface area (Å²) < 4.78 is 0. The zero-order valence-corrected chi connectivity index (χ0v) is 11.7. The molecule has 2 aromatic rings. The smallest absolute Gasteiger partial charge is 0.322 e. The molecule has 1 unspecified atom stereocenters. The molecule has 0 radical (unpaired) electrons. The summed E-state index contributed by atoms with van der Waals surface area (Å²) in [5.74, 6) is -0.233. The Morgan fingerprint density at radius 3 is 2.29 bits per heavy atom. The van der Waals surface area contributed by atoms with Crippen LogP contribution >= 0.6 is 11.6 Å². The lowest BCUT2D eigenvalue weighted by molar-refractivity contribution is -0.114. The normalized spacial score (nSPS) is 18.1. The minimum atomic E-state index is -0.707. The summed E-state index contributed by atoms with van der Waals surface area (Å²) in [7, 11) is 0. The van der Waals surface area contributed by atoms with Gasteiger partial charge in [-0.2, -0.15) is 4.99 Å². The van der Waals surface area contributed by atoms with E-state index in [1.807, 2.05) is 18.2 Å². The SMILES string of the molecule is O=C1N=C(c2ccc(Cl)cc2)C(=O)C(c2ccccc2)N1. The summed E-state index contributed by atoms with van der Waals surface area (Å²) in [4.78, 5) is 28.2. The minimum absolute atomic E-state index is 0.157. The Morgan fingerprint density at radius 1 is 0.952 bits per heavy atom. The molecule has 21 heavy (non-hydrogen) atoms. The highest BCUT2D eigenvalue weighted by Crippen LogP contribution is 2.21. The number of carbonyl (C=O) groups excluding carboxylic acids is 2. The van der Waals surface area contributed by atoms with Crippen molar-refractivity contribution < 1.29 is 9.59 Å². The van der Waals surface area contributed by atoms with Crippen LogP contribution in [0.3, 0.4) is 0 Å². The van der Waals surface area contributed by atoms with Gasteiger partial charge >= 0.3 is 6.03 Å². The van der Waals surface area contributed by atoms with E-state index in [2.05, 4.69) is 10.3 Å². The van der Waals surface area contributed by atoms with E-state index in [1.54, 1.807) is 36.4 Å². The summed E-state index contributed by atoms with van der Waals surface area (Å²) in [6.07, 6.45) is 0. The largest absolute Gasteiger partial charge is 0.342 e. The van der Waals surface area contributed by atoms with Crippen molar-refractivity contribution in [3.63, 3.8) is 0 Å². The molecule has 3 rings (SSSR count). The maximum absolute atomic E-state index is 12.6. The topological polar surface area (TPSA) is 58.5 Å². The van der Waals surface area contributed by atoms with Crippen LogP contribution in [0.1, 0.15) is 17.2 Å². The van der Waals surface area contributed by atoms with Gasteiger partial charge in [0.1, 0.15) is 11.8 Å². The second-order valence-corrected chi connectivity index (χ2v) is 5.06. The zero-order chi connectivity index (χ0) is 14.8. The first kappa shape index (κ1) is 13.5. The Bertz CT molecular complexity index is 724. The van der Waals surface area contributed by atoms with E-state index in [0.717, 1.165) is 5.56 Å². The van der Waals surface area contributed by atoms with Crippen LogP contribution in [0.4, 0.5) is 4.79 Å². The van der Waals surface area contributed by atoms with E-state index >= 15 is 0 Å². The van der Waals surface area contributed by atoms with Crippen molar-refractivity contribution in [2.45, 2.75) is 6.04 Å². The number of Topliss-reactive ketones (excluding diaryl/α,β-unsaturated/α-hetero) is 1. The molecule has 0 spiro atoms. The van der Waals surface area contributed by atoms with Gasteiger partial charge in [-0.25, -0.2) is 4.79 Å². The van der Waals surface area contributed by atoms with Crippen LogP contribution in [0.2, 0.25) is 5.02 Å². The fourth-order valence-corrected chi connectivity index (χ4v) is 2.34. The predicted octanol–water partition coefficient (Wildman–Crippen LogP) is 3.16. The van der Waals surface area contributed by atoms with Crippen molar-refractivity contribution in [2.75, 3.05) is 0 Å². The van der Waals surface area contributed by atoms with Gasteiger partial charge in [0.25, 0.3) is 0 Å². The van der Waals surface area contributed by atoms with Crippen molar-refractivity contribution >= 4 is 29.1 Å². The minimum Gasteiger partial charge on any atom is -0.322 e. The molecule has 1 aliphatic heterocycles. The average Bonchev–Trinajstić information content (AvgIpc) is 2.51. The first-order valence-corrected chi connectivity index (χ1v) is 6.77. The van der Waals surface area contributed by atoms with Crippen LogP contribution in [0, 0.1) is 0 Å². The van der Waals surface area contributed by atoms with Gasteiger partial charge in [-0.15, -0.1) is 0 Å². The van der Waals surface area contributed by atoms with Crippen molar-refractivity contribution in [1.29, 1.82) is 0 Å². The molecule has 0 fully saturated rings. The number of hydrogen-bond acceptors (Lipinski definition) is 2. The Kier molecular flexibility index (Phi) is 3.54. The van der Waals surface area contributed by atoms with E-state index < -0.39 is 12.1 Å². The molecule has 0 bridgehead atoms. The highest BCUT2D eigenvalue weighted by atomic mass is 35.5. The number of aliphatic imine (C=N–C) groups is 1. The van der Waals surface area contributed by atoms with Gasteiger partial charge in [-0.3, -0.25) is 4.79 Å². The number of rotatable bonds is 2. The van der Waals surface area contributed by atoms with E-state index in [9.17, 15) is 9.59 Å². The number of carbonyl (C=O) groups is 2. The number of nitrogens with one attached hydrogen (secondary N) is 1. The lowest BCUT2D eigenvalue weighted by atomic mass is 9.94. The van der Waals surface area contributed by atoms with Gasteiger partial charge in [-0.1, -0.05) is 54.1 Å². The average molecular weight is 299 g/mol. The Labute approximate surface area is 126 Å². The molecule has 0 aliphatic carbocycles. The van der Waals surface area contributed by atoms with E-state index in [-0.39, 0.29) is 11.5 Å². The summed E-state index contributed by atoms with van der Waals surface area (Å²) in [5, 5.41) is 3.15. The number of nitrogens with zero attached hydrogens (tertiary/aromatic N) is 1. The first-order valence-electron chi connectivity index (χ1n) is 6.39. The lowest BCUT2D eigenvalue weighted by Crippen LogP contribution is -2.41. The van der Waals surface area contributed by atoms with E-state index in [4.69, 9.17) is 11.6 Å².